The summed E-state index contributed by atoms with van der Waals surface area (Å²) < 4.78 is 13.7. The van der Waals surface area contributed by atoms with E-state index in [9.17, 15) is 9.18 Å². The van der Waals surface area contributed by atoms with Crippen molar-refractivity contribution in [3.63, 3.8) is 0 Å². The fraction of sp³-hybridized carbons (Fsp3) is 0.556. The molecule has 0 aromatic heterocycles. The molecule has 32 heavy (non-hydrogen) atoms. The normalized spacial score (nSPS) is 28.3. The van der Waals surface area contributed by atoms with E-state index in [0.29, 0.717) is 29.7 Å². The van der Waals surface area contributed by atoms with Crippen LogP contribution >= 0.6 is 11.6 Å². The van der Waals surface area contributed by atoms with Gasteiger partial charge in [0.1, 0.15) is 17.2 Å². The van der Waals surface area contributed by atoms with Crippen molar-refractivity contribution in [2.24, 2.45) is 22.2 Å². The van der Waals surface area contributed by atoms with Crippen molar-refractivity contribution < 1.29 is 9.18 Å². The lowest BCUT2D eigenvalue weighted by Gasteiger charge is -2.45. The summed E-state index contributed by atoms with van der Waals surface area (Å²) in [6.07, 6.45) is 12.5. The molecule has 1 aromatic carbocycles. The molecule has 1 heterocycles. The number of carbonyl (C=O) groups excluding carboxylic acids is 1. The molecule has 3 nitrogen and oxygen atoms in total. The Morgan fingerprint density at radius 1 is 1.25 bits per heavy atom. The molecule has 1 aliphatic heterocycles. The molecule has 0 radical (unpaired) electrons. The Morgan fingerprint density at radius 2 is 1.97 bits per heavy atom. The molecular formula is C27H34ClFN2O. The number of carbonyl (C=O) groups is 1. The highest BCUT2D eigenvalue weighted by molar-refractivity contribution is 6.47. The van der Waals surface area contributed by atoms with Crippen LogP contribution in [-0.4, -0.2) is 28.7 Å². The van der Waals surface area contributed by atoms with Gasteiger partial charge in [-0.1, -0.05) is 56.2 Å². The van der Waals surface area contributed by atoms with Crippen LogP contribution in [0.4, 0.5) is 4.39 Å². The van der Waals surface area contributed by atoms with Gasteiger partial charge in [0.25, 0.3) is 5.91 Å². The molecule has 1 unspecified atom stereocenters. The van der Waals surface area contributed by atoms with Crippen LogP contribution in [0.3, 0.4) is 0 Å². The van der Waals surface area contributed by atoms with Gasteiger partial charge in [-0.05, 0) is 80.9 Å². The summed E-state index contributed by atoms with van der Waals surface area (Å²) in [6, 6.07) is 4.47. The first-order valence-corrected chi connectivity index (χ1v) is 12.2. The summed E-state index contributed by atoms with van der Waals surface area (Å²) >= 11 is 6.03. The molecule has 1 spiro atoms. The van der Waals surface area contributed by atoms with Crippen molar-refractivity contribution in [1.82, 2.24) is 4.90 Å². The van der Waals surface area contributed by atoms with E-state index in [1.165, 1.54) is 17.7 Å². The van der Waals surface area contributed by atoms with Gasteiger partial charge in [-0.3, -0.25) is 9.79 Å². The second-order valence-electron chi connectivity index (χ2n) is 10.8. The maximum atomic E-state index is 13.7. The fourth-order valence-corrected chi connectivity index (χ4v) is 5.56. The van der Waals surface area contributed by atoms with Crippen molar-refractivity contribution in [2.45, 2.75) is 71.9 Å². The molecule has 3 aliphatic rings. The second kappa shape index (κ2) is 8.78. The molecule has 0 bridgehead atoms. The number of benzene rings is 1. The Morgan fingerprint density at radius 3 is 2.56 bits per heavy atom. The highest BCUT2D eigenvalue weighted by Gasteiger charge is 2.49. The van der Waals surface area contributed by atoms with Crippen LogP contribution in [-0.2, 0) is 4.79 Å². The maximum Gasteiger partial charge on any atom is 0.274 e. The summed E-state index contributed by atoms with van der Waals surface area (Å²) in [6.45, 7) is 9.70. The van der Waals surface area contributed by atoms with E-state index in [4.69, 9.17) is 16.6 Å². The molecule has 172 valence electrons. The molecular weight excluding hydrogens is 423 g/mol. The molecule has 2 aliphatic carbocycles. The van der Waals surface area contributed by atoms with Gasteiger partial charge < -0.3 is 4.90 Å². The predicted octanol–water partition coefficient (Wildman–Crippen LogP) is 6.96. The minimum Gasteiger partial charge on any atom is -0.312 e. The first-order chi connectivity index (χ1) is 15.1. The summed E-state index contributed by atoms with van der Waals surface area (Å²) in [7, 11) is 0. The van der Waals surface area contributed by atoms with Gasteiger partial charge >= 0.3 is 0 Å². The molecule has 4 rings (SSSR count). The van der Waals surface area contributed by atoms with E-state index in [1.54, 1.807) is 6.07 Å². The van der Waals surface area contributed by atoms with E-state index < -0.39 is 11.5 Å². The van der Waals surface area contributed by atoms with Crippen LogP contribution in [0.2, 0.25) is 5.02 Å². The summed E-state index contributed by atoms with van der Waals surface area (Å²) in [4.78, 5) is 20.7. The number of hydrogen-bond acceptors (Lipinski definition) is 2. The minimum absolute atomic E-state index is 0.0245. The molecule has 1 fully saturated rings. The second-order valence-corrected chi connectivity index (χ2v) is 11.2. The van der Waals surface area contributed by atoms with Crippen LogP contribution in [0, 0.1) is 23.1 Å². The average molecular weight is 457 g/mol. The molecule has 1 saturated carbocycles. The third-order valence-electron chi connectivity index (χ3n) is 7.57. The Balaban J connectivity index is 1.59. The molecule has 1 amide bonds. The molecule has 0 N–H and O–H groups in total. The summed E-state index contributed by atoms with van der Waals surface area (Å²) in [5.41, 5.74) is 2.10. The minimum atomic E-state index is -0.487. The molecule has 0 saturated heterocycles. The lowest BCUT2D eigenvalue weighted by Crippen LogP contribution is -2.50. The van der Waals surface area contributed by atoms with Gasteiger partial charge in [-0.25, -0.2) is 4.39 Å². The number of allylic oxidation sites excluding steroid dienone is 4. The van der Waals surface area contributed by atoms with E-state index in [2.05, 4.69) is 45.9 Å². The van der Waals surface area contributed by atoms with Crippen molar-refractivity contribution in [3.05, 3.63) is 58.4 Å². The monoisotopic (exact) mass is 456 g/mol. The zero-order valence-corrected chi connectivity index (χ0v) is 20.4. The largest absolute Gasteiger partial charge is 0.312 e. The van der Waals surface area contributed by atoms with Crippen LogP contribution in [0.15, 0.2) is 47.0 Å². The van der Waals surface area contributed by atoms with Gasteiger partial charge in [-0.2, -0.15) is 0 Å². The number of halogens is 2. The predicted molar refractivity (Wildman–Crippen MR) is 129 cm³/mol. The number of nitrogens with zero attached hydrogens (tertiary/aromatic N) is 2. The van der Waals surface area contributed by atoms with Gasteiger partial charge in [0, 0.05) is 12.1 Å². The van der Waals surface area contributed by atoms with Gasteiger partial charge in [0.15, 0.2) is 0 Å². The number of aliphatic imine (C=N–C) groups is 1. The summed E-state index contributed by atoms with van der Waals surface area (Å²) in [5.74, 6) is 0.539. The Hall–Kier alpha value is -1.94. The van der Waals surface area contributed by atoms with E-state index in [0.717, 1.165) is 38.5 Å². The first-order valence-electron chi connectivity index (χ1n) is 11.8. The first kappa shape index (κ1) is 23.2. The Labute approximate surface area is 196 Å². The zero-order valence-electron chi connectivity index (χ0n) is 19.6. The van der Waals surface area contributed by atoms with Crippen LogP contribution in [0.25, 0.3) is 0 Å². The smallest absolute Gasteiger partial charge is 0.274 e. The molecule has 5 heteroatoms. The maximum absolute atomic E-state index is 13.7. The SMILES string of the molecule is CC1=CCC(CCN2C(=O)C(c3ccc(F)c(Cl)c3)=NC23CCC(C(C)(C)C)CC3)C=C1. The number of rotatable bonds is 4. The van der Waals surface area contributed by atoms with Crippen LogP contribution < -0.4 is 0 Å². The van der Waals surface area contributed by atoms with E-state index in [-0.39, 0.29) is 16.3 Å². The standard InChI is InChI=1S/C27H34ClFN2O/c1-18-5-7-19(8-6-18)13-16-31-25(32)24(20-9-10-23(29)22(28)17-20)30-27(31)14-11-21(12-15-27)26(2,3)4/h5-7,9-10,17,19,21H,8,11-16H2,1-4H3. The van der Waals surface area contributed by atoms with Crippen molar-refractivity contribution in [3.8, 4) is 0 Å². The zero-order chi connectivity index (χ0) is 23.1. The fourth-order valence-electron chi connectivity index (χ4n) is 5.38. The Kier molecular flexibility index (Phi) is 6.37. The topological polar surface area (TPSA) is 32.7 Å². The number of hydrogen-bond donors (Lipinski definition) is 0. The van der Waals surface area contributed by atoms with Crippen LogP contribution in [0.1, 0.15) is 71.8 Å². The molecule has 1 aromatic rings. The van der Waals surface area contributed by atoms with Gasteiger partial charge in [-0.15, -0.1) is 0 Å². The van der Waals surface area contributed by atoms with Crippen molar-refractivity contribution >= 4 is 23.2 Å². The lowest BCUT2D eigenvalue weighted by molar-refractivity contribution is -0.129. The van der Waals surface area contributed by atoms with Crippen molar-refractivity contribution in [1.29, 1.82) is 0 Å². The lowest BCUT2D eigenvalue weighted by atomic mass is 9.69. The quantitative estimate of drug-likeness (QED) is 0.482. The van der Waals surface area contributed by atoms with Crippen LogP contribution in [0.5, 0.6) is 0 Å². The summed E-state index contributed by atoms with van der Waals surface area (Å²) in [5, 5.41) is 0.0245. The van der Waals surface area contributed by atoms with Crippen molar-refractivity contribution in [2.75, 3.05) is 6.54 Å². The highest BCUT2D eigenvalue weighted by Crippen LogP contribution is 2.47. The van der Waals surface area contributed by atoms with E-state index in [1.807, 2.05) is 4.90 Å². The van der Waals surface area contributed by atoms with Gasteiger partial charge in [0.05, 0.1) is 5.02 Å². The number of amides is 1. The van der Waals surface area contributed by atoms with Gasteiger partial charge in [0.2, 0.25) is 0 Å². The molecule has 1 atom stereocenters. The Bertz CT molecular complexity index is 980. The average Bonchev–Trinajstić information content (AvgIpc) is 3.00. The third-order valence-corrected chi connectivity index (χ3v) is 7.86. The third kappa shape index (κ3) is 4.57. The highest BCUT2D eigenvalue weighted by atomic mass is 35.5. The van der Waals surface area contributed by atoms with E-state index >= 15 is 0 Å².